The molecule has 0 amide bonds. The highest BCUT2D eigenvalue weighted by Gasteiger charge is 2.05. The summed E-state index contributed by atoms with van der Waals surface area (Å²) in [6.07, 6.45) is 0.0690. The molecule has 0 spiro atoms. The van der Waals surface area contributed by atoms with E-state index in [1.165, 1.54) is 12.1 Å². The van der Waals surface area contributed by atoms with Crippen molar-refractivity contribution in [3.8, 4) is 0 Å². The number of hydrogen-bond acceptors (Lipinski definition) is 2. The van der Waals surface area contributed by atoms with Gasteiger partial charge in [0.05, 0.1) is 6.42 Å². The molecular weight excluding hydrogens is 233 g/mol. The third-order valence-electron chi connectivity index (χ3n) is 2.08. The lowest BCUT2D eigenvalue weighted by molar-refractivity contribution is -0.137. The normalized spacial score (nSPS) is 10.8. The Labute approximate surface area is 98.4 Å². The summed E-state index contributed by atoms with van der Waals surface area (Å²) in [5.74, 6) is -1.22. The second-order valence-corrected chi connectivity index (χ2v) is 4.10. The van der Waals surface area contributed by atoms with Crippen LogP contribution in [0.3, 0.4) is 0 Å². The van der Waals surface area contributed by atoms with E-state index in [0.29, 0.717) is 18.1 Å². The van der Waals surface area contributed by atoms with Crippen molar-refractivity contribution in [2.45, 2.75) is 13.0 Å². The van der Waals surface area contributed by atoms with Gasteiger partial charge in [-0.3, -0.25) is 4.79 Å². The maximum absolute atomic E-state index is 13.0. The standard InChI is InChI=1S/C11H13ClFNO2/c1-14(3-2-11(15)16)7-8-4-9(12)6-10(13)5-8/h4-6H,2-3,7H2,1H3,(H,15,16). The zero-order valence-corrected chi connectivity index (χ0v) is 9.67. The van der Waals surface area contributed by atoms with E-state index >= 15 is 0 Å². The van der Waals surface area contributed by atoms with Gasteiger partial charge in [-0.1, -0.05) is 11.6 Å². The number of nitrogens with zero attached hydrogens (tertiary/aromatic N) is 1. The van der Waals surface area contributed by atoms with Gasteiger partial charge in [0.2, 0.25) is 0 Å². The SMILES string of the molecule is CN(CCC(=O)O)Cc1cc(F)cc(Cl)c1. The van der Waals surface area contributed by atoms with Crippen molar-refractivity contribution in [3.63, 3.8) is 0 Å². The van der Waals surface area contributed by atoms with E-state index in [-0.39, 0.29) is 12.2 Å². The Balaban J connectivity index is 2.55. The highest BCUT2D eigenvalue weighted by Crippen LogP contribution is 2.15. The second kappa shape index (κ2) is 5.82. The summed E-state index contributed by atoms with van der Waals surface area (Å²) in [5.41, 5.74) is 0.734. The lowest BCUT2D eigenvalue weighted by atomic mass is 10.2. The number of carboxylic acid groups (broad SMARTS) is 1. The van der Waals surface area contributed by atoms with E-state index in [0.717, 1.165) is 5.56 Å². The van der Waals surface area contributed by atoms with Crippen molar-refractivity contribution in [2.24, 2.45) is 0 Å². The van der Waals surface area contributed by atoms with Gasteiger partial charge >= 0.3 is 5.97 Å². The third kappa shape index (κ3) is 4.59. The summed E-state index contributed by atoms with van der Waals surface area (Å²) >= 11 is 5.71. The molecule has 0 aliphatic heterocycles. The minimum Gasteiger partial charge on any atom is -0.481 e. The fourth-order valence-electron chi connectivity index (χ4n) is 1.38. The summed E-state index contributed by atoms with van der Waals surface area (Å²) in [6.45, 7) is 0.897. The van der Waals surface area contributed by atoms with E-state index in [1.807, 2.05) is 0 Å². The molecule has 0 unspecified atom stereocenters. The summed E-state index contributed by atoms with van der Waals surface area (Å²) in [4.78, 5) is 12.2. The van der Waals surface area contributed by atoms with Crippen molar-refractivity contribution in [3.05, 3.63) is 34.6 Å². The summed E-state index contributed by atoms with van der Waals surface area (Å²) < 4.78 is 13.0. The average molecular weight is 246 g/mol. The Kier molecular flexibility index (Phi) is 4.71. The molecule has 0 atom stereocenters. The van der Waals surface area contributed by atoms with E-state index < -0.39 is 5.97 Å². The molecule has 0 aromatic heterocycles. The summed E-state index contributed by atoms with van der Waals surface area (Å²) in [7, 11) is 1.78. The predicted octanol–water partition coefficient (Wildman–Crippen LogP) is 2.39. The van der Waals surface area contributed by atoms with Gasteiger partial charge in [0, 0.05) is 18.1 Å². The summed E-state index contributed by atoms with van der Waals surface area (Å²) in [5, 5.41) is 8.86. The topological polar surface area (TPSA) is 40.5 Å². The van der Waals surface area contributed by atoms with Gasteiger partial charge < -0.3 is 10.0 Å². The molecule has 0 saturated heterocycles. The molecule has 88 valence electrons. The molecule has 1 aromatic carbocycles. The number of rotatable bonds is 5. The van der Waals surface area contributed by atoms with Crippen LogP contribution in [-0.2, 0) is 11.3 Å². The van der Waals surface area contributed by atoms with Crippen LogP contribution >= 0.6 is 11.6 Å². The van der Waals surface area contributed by atoms with Crippen LogP contribution in [0.4, 0.5) is 4.39 Å². The van der Waals surface area contributed by atoms with Crippen molar-refractivity contribution >= 4 is 17.6 Å². The van der Waals surface area contributed by atoms with Crippen molar-refractivity contribution in [1.82, 2.24) is 4.90 Å². The molecule has 5 heteroatoms. The van der Waals surface area contributed by atoms with Crippen LogP contribution in [0.25, 0.3) is 0 Å². The second-order valence-electron chi connectivity index (χ2n) is 3.66. The first-order valence-corrected chi connectivity index (χ1v) is 5.20. The lowest BCUT2D eigenvalue weighted by Crippen LogP contribution is -2.21. The van der Waals surface area contributed by atoms with Crippen LogP contribution < -0.4 is 0 Å². The zero-order chi connectivity index (χ0) is 12.1. The van der Waals surface area contributed by atoms with Crippen molar-refractivity contribution < 1.29 is 14.3 Å². The monoisotopic (exact) mass is 245 g/mol. The van der Waals surface area contributed by atoms with Crippen molar-refractivity contribution in [2.75, 3.05) is 13.6 Å². The largest absolute Gasteiger partial charge is 0.481 e. The smallest absolute Gasteiger partial charge is 0.304 e. The molecular formula is C11H13ClFNO2. The fraction of sp³-hybridized carbons (Fsp3) is 0.364. The first-order chi connectivity index (χ1) is 7.47. The van der Waals surface area contributed by atoms with Crippen LogP contribution in [0.5, 0.6) is 0 Å². The Bertz CT molecular complexity index is 364. The average Bonchev–Trinajstić information content (AvgIpc) is 2.12. The first kappa shape index (κ1) is 12.9. The zero-order valence-electron chi connectivity index (χ0n) is 8.91. The predicted molar refractivity (Wildman–Crippen MR) is 60.0 cm³/mol. The molecule has 0 saturated carbocycles. The number of carbonyl (C=O) groups is 1. The Morgan fingerprint density at radius 1 is 1.50 bits per heavy atom. The molecule has 0 aliphatic rings. The lowest BCUT2D eigenvalue weighted by Gasteiger charge is -2.15. The third-order valence-corrected chi connectivity index (χ3v) is 2.30. The highest BCUT2D eigenvalue weighted by molar-refractivity contribution is 6.30. The quantitative estimate of drug-likeness (QED) is 0.866. The molecule has 3 nitrogen and oxygen atoms in total. The molecule has 16 heavy (non-hydrogen) atoms. The van der Waals surface area contributed by atoms with Gasteiger partial charge in [-0.15, -0.1) is 0 Å². The van der Waals surface area contributed by atoms with E-state index in [2.05, 4.69) is 0 Å². The van der Waals surface area contributed by atoms with E-state index in [1.54, 1.807) is 18.0 Å². The number of carboxylic acids is 1. The van der Waals surface area contributed by atoms with Crippen LogP contribution in [0, 0.1) is 5.82 Å². The molecule has 1 rings (SSSR count). The minimum atomic E-state index is -0.843. The van der Waals surface area contributed by atoms with Crippen LogP contribution in [0.2, 0.25) is 5.02 Å². The van der Waals surface area contributed by atoms with Gasteiger partial charge in [0.1, 0.15) is 5.82 Å². The van der Waals surface area contributed by atoms with Gasteiger partial charge in [0.25, 0.3) is 0 Å². The van der Waals surface area contributed by atoms with Crippen LogP contribution in [-0.4, -0.2) is 29.6 Å². The Morgan fingerprint density at radius 2 is 2.19 bits per heavy atom. The van der Waals surface area contributed by atoms with E-state index in [9.17, 15) is 9.18 Å². The number of benzene rings is 1. The van der Waals surface area contributed by atoms with Crippen LogP contribution in [0.1, 0.15) is 12.0 Å². The molecule has 1 aromatic rings. The Morgan fingerprint density at radius 3 is 2.75 bits per heavy atom. The summed E-state index contributed by atoms with van der Waals surface area (Å²) in [6, 6.07) is 4.30. The molecule has 0 heterocycles. The maximum Gasteiger partial charge on any atom is 0.304 e. The minimum absolute atomic E-state index is 0.0690. The molecule has 0 aliphatic carbocycles. The fourth-order valence-corrected chi connectivity index (χ4v) is 1.62. The van der Waals surface area contributed by atoms with Crippen LogP contribution in [0.15, 0.2) is 18.2 Å². The molecule has 0 radical (unpaired) electrons. The molecule has 1 N–H and O–H groups in total. The van der Waals surface area contributed by atoms with Gasteiger partial charge in [-0.2, -0.15) is 0 Å². The molecule has 0 fully saturated rings. The number of halogens is 2. The van der Waals surface area contributed by atoms with Gasteiger partial charge in [0.15, 0.2) is 0 Å². The number of aliphatic carboxylic acids is 1. The number of hydrogen-bond donors (Lipinski definition) is 1. The van der Waals surface area contributed by atoms with E-state index in [4.69, 9.17) is 16.7 Å². The first-order valence-electron chi connectivity index (χ1n) is 4.82. The molecule has 0 bridgehead atoms. The highest BCUT2D eigenvalue weighted by atomic mass is 35.5. The Hall–Kier alpha value is -1.13. The van der Waals surface area contributed by atoms with Gasteiger partial charge in [-0.05, 0) is 30.8 Å². The van der Waals surface area contributed by atoms with Gasteiger partial charge in [-0.25, -0.2) is 4.39 Å². The van der Waals surface area contributed by atoms with Crippen molar-refractivity contribution in [1.29, 1.82) is 0 Å². The maximum atomic E-state index is 13.0.